The van der Waals surface area contributed by atoms with Gasteiger partial charge in [-0.2, -0.15) is 0 Å². The van der Waals surface area contributed by atoms with E-state index in [1.54, 1.807) is 7.11 Å². The van der Waals surface area contributed by atoms with Gasteiger partial charge < -0.3 is 15.4 Å². The second-order valence-electron chi connectivity index (χ2n) is 6.86. The summed E-state index contributed by atoms with van der Waals surface area (Å²) in [6, 6.07) is 7.93. The number of anilines is 2. The van der Waals surface area contributed by atoms with Crippen molar-refractivity contribution in [2.45, 2.75) is 55.2 Å². The Morgan fingerprint density at radius 1 is 1.26 bits per heavy atom. The monoisotopic (exact) mass is 406 g/mol. The van der Waals surface area contributed by atoms with Crippen molar-refractivity contribution in [2.75, 3.05) is 12.4 Å². The summed E-state index contributed by atoms with van der Waals surface area (Å²) in [5.41, 5.74) is 0.917. The van der Waals surface area contributed by atoms with Crippen LogP contribution in [0.25, 0.3) is 0 Å². The number of rotatable bonds is 7. The number of hydrogen-bond acceptors (Lipinski definition) is 7. The Kier molecular flexibility index (Phi) is 6.95. The number of amides is 1. The van der Waals surface area contributed by atoms with Gasteiger partial charge in [-0.25, -0.2) is 0 Å². The Balaban J connectivity index is 1.52. The lowest BCUT2D eigenvalue weighted by Gasteiger charge is -2.30. The number of ether oxygens (including phenoxy) is 1. The van der Waals surface area contributed by atoms with Crippen LogP contribution in [0.2, 0.25) is 0 Å². The van der Waals surface area contributed by atoms with E-state index in [0.717, 1.165) is 22.2 Å². The number of nitrogens with one attached hydrogen (secondary N) is 2. The molecule has 0 bridgehead atoms. The molecule has 3 rings (SSSR count). The molecule has 3 unspecified atom stereocenters. The Bertz CT molecular complexity index is 750. The SMILES string of the molecule is COc1ccc(Nc2nnc(SC(C)C(=O)NC3CCCCC3C)s2)cc1. The van der Waals surface area contributed by atoms with Gasteiger partial charge in [0.2, 0.25) is 11.0 Å². The van der Waals surface area contributed by atoms with Crippen LogP contribution < -0.4 is 15.4 Å². The Labute approximate surface area is 168 Å². The first-order valence-electron chi connectivity index (χ1n) is 9.27. The normalized spacial score (nSPS) is 20.7. The molecule has 146 valence electrons. The Hall–Kier alpha value is -1.80. The van der Waals surface area contributed by atoms with E-state index in [1.165, 1.54) is 42.4 Å². The van der Waals surface area contributed by atoms with E-state index in [-0.39, 0.29) is 11.2 Å². The van der Waals surface area contributed by atoms with Gasteiger partial charge >= 0.3 is 0 Å². The summed E-state index contributed by atoms with van der Waals surface area (Å²) in [6.45, 7) is 4.15. The first kappa shape index (κ1) is 19.9. The highest BCUT2D eigenvalue weighted by molar-refractivity contribution is 8.02. The summed E-state index contributed by atoms with van der Waals surface area (Å²) < 4.78 is 5.94. The highest BCUT2D eigenvalue weighted by Crippen LogP contribution is 2.31. The van der Waals surface area contributed by atoms with E-state index in [2.05, 4.69) is 27.8 Å². The van der Waals surface area contributed by atoms with Crippen LogP contribution in [-0.4, -0.2) is 34.5 Å². The highest BCUT2D eigenvalue weighted by atomic mass is 32.2. The molecule has 0 spiro atoms. The standard InChI is InChI=1S/C19H26N4O2S2/c1-12-6-4-5-7-16(12)21-17(24)13(2)26-19-23-22-18(27-19)20-14-8-10-15(25-3)11-9-14/h8-13,16H,4-7H2,1-3H3,(H,20,22)(H,21,24). The van der Waals surface area contributed by atoms with Crippen molar-refractivity contribution >= 4 is 39.8 Å². The van der Waals surface area contributed by atoms with Gasteiger partial charge in [-0.15, -0.1) is 10.2 Å². The van der Waals surface area contributed by atoms with Crippen molar-refractivity contribution in [1.29, 1.82) is 0 Å². The summed E-state index contributed by atoms with van der Waals surface area (Å²) in [5, 5.41) is 15.3. The fraction of sp³-hybridized carbons (Fsp3) is 0.526. The van der Waals surface area contributed by atoms with Gasteiger partial charge in [0.25, 0.3) is 0 Å². The van der Waals surface area contributed by atoms with Gasteiger partial charge in [0.05, 0.1) is 12.4 Å². The van der Waals surface area contributed by atoms with E-state index >= 15 is 0 Å². The quantitative estimate of drug-likeness (QED) is 0.661. The van der Waals surface area contributed by atoms with E-state index in [0.29, 0.717) is 17.1 Å². The smallest absolute Gasteiger partial charge is 0.233 e. The third-order valence-electron chi connectivity index (χ3n) is 4.83. The second kappa shape index (κ2) is 9.41. The molecule has 2 N–H and O–H groups in total. The van der Waals surface area contributed by atoms with E-state index in [4.69, 9.17) is 4.74 Å². The lowest BCUT2D eigenvalue weighted by molar-refractivity contribution is -0.121. The van der Waals surface area contributed by atoms with Crippen LogP contribution in [0.5, 0.6) is 5.75 Å². The maximum Gasteiger partial charge on any atom is 0.233 e. The van der Waals surface area contributed by atoms with Crippen LogP contribution in [-0.2, 0) is 4.79 Å². The summed E-state index contributed by atoms with van der Waals surface area (Å²) in [6.07, 6.45) is 4.75. The topological polar surface area (TPSA) is 76.1 Å². The highest BCUT2D eigenvalue weighted by Gasteiger charge is 2.25. The largest absolute Gasteiger partial charge is 0.497 e. The average molecular weight is 407 g/mol. The minimum atomic E-state index is -0.194. The molecule has 3 atom stereocenters. The fourth-order valence-corrected chi connectivity index (χ4v) is 5.07. The molecule has 2 aromatic rings. The molecule has 1 aliphatic carbocycles. The van der Waals surface area contributed by atoms with Crippen LogP contribution >= 0.6 is 23.1 Å². The molecule has 1 aromatic heterocycles. The molecule has 27 heavy (non-hydrogen) atoms. The van der Waals surface area contributed by atoms with Crippen molar-refractivity contribution in [3.8, 4) is 5.75 Å². The number of hydrogen-bond donors (Lipinski definition) is 2. The van der Waals surface area contributed by atoms with Gasteiger partial charge in [-0.05, 0) is 49.9 Å². The first-order valence-corrected chi connectivity index (χ1v) is 11.0. The Morgan fingerprint density at radius 2 is 2.00 bits per heavy atom. The molecule has 0 radical (unpaired) electrons. The summed E-state index contributed by atoms with van der Waals surface area (Å²) >= 11 is 2.90. The third kappa shape index (κ3) is 5.59. The maximum atomic E-state index is 12.5. The first-order chi connectivity index (χ1) is 13.0. The molecule has 0 aliphatic heterocycles. The van der Waals surface area contributed by atoms with Crippen molar-refractivity contribution in [3.05, 3.63) is 24.3 Å². The number of benzene rings is 1. The van der Waals surface area contributed by atoms with Crippen LogP contribution in [0.15, 0.2) is 28.6 Å². The number of carbonyl (C=O) groups is 1. The molecule has 6 nitrogen and oxygen atoms in total. The molecule has 1 heterocycles. The van der Waals surface area contributed by atoms with Gasteiger partial charge in [0.1, 0.15) is 5.75 Å². The zero-order valence-electron chi connectivity index (χ0n) is 15.9. The number of methoxy groups -OCH3 is 1. The van der Waals surface area contributed by atoms with Crippen molar-refractivity contribution < 1.29 is 9.53 Å². The van der Waals surface area contributed by atoms with Crippen molar-refractivity contribution in [3.63, 3.8) is 0 Å². The van der Waals surface area contributed by atoms with Gasteiger partial charge in [0, 0.05) is 11.7 Å². The third-order valence-corrected chi connectivity index (χ3v) is 6.86. The van der Waals surface area contributed by atoms with Crippen molar-refractivity contribution in [1.82, 2.24) is 15.5 Å². The summed E-state index contributed by atoms with van der Waals surface area (Å²) in [4.78, 5) is 12.5. The fourth-order valence-electron chi connectivity index (χ4n) is 3.14. The van der Waals surface area contributed by atoms with Crippen LogP contribution in [0, 0.1) is 5.92 Å². The Morgan fingerprint density at radius 3 is 2.70 bits per heavy atom. The maximum absolute atomic E-state index is 12.5. The molecule has 1 aliphatic rings. The van der Waals surface area contributed by atoms with Gasteiger partial charge in [0.15, 0.2) is 4.34 Å². The zero-order valence-corrected chi connectivity index (χ0v) is 17.5. The molecule has 1 amide bonds. The minimum Gasteiger partial charge on any atom is -0.497 e. The predicted molar refractivity (Wildman–Crippen MR) is 111 cm³/mol. The number of nitrogens with zero attached hydrogens (tertiary/aromatic N) is 2. The van der Waals surface area contributed by atoms with Crippen LogP contribution in [0.1, 0.15) is 39.5 Å². The van der Waals surface area contributed by atoms with E-state index in [9.17, 15) is 4.79 Å². The number of thioether (sulfide) groups is 1. The van der Waals surface area contributed by atoms with Crippen molar-refractivity contribution in [2.24, 2.45) is 5.92 Å². The molecular formula is C19H26N4O2S2. The molecule has 1 fully saturated rings. The van der Waals surface area contributed by atoms with Gasteiger partial charge in [-0.1, -0.05) is 42.9 Å². The van der Waals surface area contributed by atoms with Gasteiger partial charge in [-0.3, -0.25) is 4.79 Å². The summed E-state index contributed by atoms with van der Waals surface area (Å²) in [5.74, 6) is 1.45. The van der Waals surface area contributed by atoms with E-state index in [1.807, 2.05) is 31.2 Å². The molecule has 0 saturated heterocycles. The molecular weight excluding hydrogens is 380 g/mol. The zero-order chi connectivity index (χ0) is 19.2. The lowest BCUT2D eigenvalue weighted by Crippen LogP contribution is -2.44. The van der Waals surface area contributed by atoms with Crippen LogP contribution in [0.4, 0.5) is 10.8 Å². The second-order valence-corrected chi connectivity index (χ2v) is 9.43. The minimum absolute atomic E-state index is 0.0820. The van der Waals surface area contributed by atoms with E-state index < -0.39 is 0 Å². The lowest BCUT2D eigenvalue weighted by atomic mass is 9.86. The molecule has 1 saturated carbocycles. The molecule has 8 heteroatoms. The number of carbonyl (C=O) groups excluding carboxylic acids is 1. The predicted octanol–water partition coefficient (Wildman–Crippen LogP) is 4.47. The number of aromatic nitrogens is 2. The molecule has 1 aromatic carbocycles. The van der Waals surface area contributed by atoms with Crippen LogP contribution in [0.3, 0.4) is 0 Å². The summed E-state index contributed by atoms with van der Waals surface area (Å²) in [7, 11) is 1.64. The average Bonchev–Trinajstić information content (AvgIpc) is 3.11.